The van der Waals surface area contributed by atoms with Crippen LogP contribution in [0.1, 0.15) is 19.8 Å². The molecule has 0 unspecified atom stereocenters. The molecule has 1 aromatic carbocycles. The van der Waals surface area contributed by atoms with E-state index in [0.29, 0.717) is 44.8 Å². The van der Waals surface area contributed by atoms with Crippen molar-refractivity contribution < 1.29 is 13.9 Å². The lowest BCUT2D eigenvalue weighted by atomic mass is 9.78. The zero-order chi connectivity index (χ0) is 14.6. The van der Waals surface area contributed by atoms with E-state index in [4.69, 9.17) is 10.5 Å². The highest BCUT2D eigenvalue weighted by atomic mass is 19.1. The third-order valence-electron chi connectivity index (χ3n) is 3.99. The molecule has 0 radical (unpaired) electrons. The van der Waals surface area contributed by atoms with Crippen LogP contribution in [0.4, 0.5) is 10.1 Å². The molecule has 5 heteroatoms. The number of hydrogen-bond acceptors (Lipinski definition) is 3. The number of amides is 1. The van der Waals surface area contributed by atoms with E-state index in [9.17, 15) is 9.18 Å². The van der Waals surface area contributed by atoms with Gasteiger partial charge in [0.2, 0.25) is 5.91 Å². The van der Waals surface area contributed by atoms with E-state index in [-0.39, 0.29) is 11.7 Å². The molecule has 0 aliphatic carbocycles. The molecule has 2 N–H and O–H groups in total. The van der Waals surface area contributed by atoms with Crippen LogP contribution in [0.15, 0.2) is 24.3 Å². The van der Waals surface area contributed by atoms with E-state index in [1.165, 1.54) is 12.1 Å². The first-order valence-electron chi connectivity index (χ1n) is 6.98. The predicted octanol–water partition coefficient (Wildman–Crippen LogP) is 1.93. The molecule has 20 heavy (non-hydrogen) atoms. The van der Waals surface area contributed by atoms with Gasteiger partial charge in [0.05, 0.1) is 5.41 Å². The normalized spacial score (nSPS) is 17.8. The molecule has 4 nitrogen and oxygen atoms in total. The van der Waals surface area contributed by atoms with Crippen molar-refractivity contribution in [3.63, 3.8) is 0 Å². The molecule has 2 rings (SSSR count). The number of ether oxygens (including phenoxy) is 1. The smallest absolute Gasteiger partial charge is 0.234 e. The van der Waals surface area contributed by atoms with E-state index in [1.54, 1.807) is 17.0 Å². The van der Waals surface area contributed by atoms with Gasteiger partial charge < -0.3 is 15.4 Å². The number of anilines is 1. The Kier molecular flexibility index (Phi) is 4.73. The van der Waals surface area contributed by atoms with E-state index in [1.807, 2.05) is 6.92 Å². The van der Waals surface area contributed by atoms with E-state index in [0.717, 1.165) is 0 Å². The topological polar surface area (TPSA) is 55.6 Å². The summed E-state index contributed by atoms with van der Waals surface area (Å²) in [4.78, 5) is 14.5. The molecular weight excluding hydrogens is 259 g/mol. The second kappa shape index (κ2) is 6.33. The highest BCUT2D eigenvalue weighted by molar-refractivity contribution is 5.97. The second-order valence-corrected chi connectivity index (χ2v) is 5.12. The number of benzene rings is 1. The maximum atomic E-state index is 13.0. The van der Waals surface area contributed by atoms with Gasteiger partial charge in [0.25, 0.3) is 0 Å². The Morgan fingerprint density at radius 1 is 1.35 bits per heavy atom. The van der Waals surface area contributed by atoms with Gasteiger partial charge in [-0.3, -0.25) is 4.79 Å². The quantitative estimate of drug-likeness (QED) is 0.917. The Morgan fingerprint density at radius 2 is 1.95 bits per heavy atom. The first kappa shape index (κ1) is 14.9. The highest BCUT2D eigenvalue weighted by Crippen LogP contribution is 2.33. The van der Waals surface area contributed by atoms with Crippen molar-refractivity contribution >= 4 is 11.6 Å². The summed E-state index contributed by atoms with van der Waals surface area (Å²) in [6.45, 7) is 3.87. The summed E-state index contributed by atoms with van der Waals surface area (Å²) in [6.07, 6.45) is 1.28. The molecule has 0 atom stereocenters. The van der Waals surface area contributed by atoms with Crippen LogP contribution in [0.3, 0.4) is 0 Å². The maximum Gasteiger partial charge on any atom is 0.234 e. The lowest BCUT2D eigenvalue weighted by Crippen LogP contribution is -2.51. The fourth-order valence-corrected chi connectivity index (χ4v) is 2.62. The predicted molar refractivity (Wildman–Crippen MR) is 76.0 cm³/mol. The van der Waals surface area contributed by atoms with Gasteiger partial charge in [-0.1, -0.05) is 0 Å². The van der Waals surface area contributed by atoms with Crippen molar-refractivity contribution in [2.45, 2.75) is 19.8 Å². The summed E-state index contributed by atoms with van der Waals surface area (Å²) in [6, 6.07) is 5.98. The number of carbonyl (C=O) groups is 1. The zero-order valence-electron chi connectivity index (χ0n) is 11.8. The SMILES string of the molecule is CCN(C(=O)C1(CN)CCOCC1)c1ccc(F)cc1. The molecule has 1 aliphatic heterocycles. The molecule has 0 aromatic heterocycles. The first-order valence-corrected chi connectivity index (χ1v) is 6.98. The molecule has 1 aromatic rings. The van der Waals surface area contributed by atoms with Crippen molar-refractivity contribution in [1.29, 1.82) is 0 Å². The van der Waals surface area contributed by atoms with Crippen LogP contribution in [0, 0.1) is 11.2 Å². The van der Waals surface area contributed by atoms with Gasteiger partial charge in [0.1, 0.15) is 5.82 Å². The van der Waals surface area contributed by atoms with Gasteiger partial charge >= 0.3 is 0 Å². The largest absolute Gasteiger partial charge is 0.381 e. The van der Waals surface area contributed by atoms with Gasteiger partial charge in [-0.05, 0) is 44.0 Å². The minimum atomic E-state index is -0.553. The number of nitrogens with zero attached hydrogens (tertiary/aromatic N) is 1. The van der Waals surface area contributed by atoms with Crippen LogP contribution in [0.2, 0.25) is 0 Å². The van der Waals surface area contributed by atoms with Crippen molar-refractivity contribution in [1.82, 2.24) is 0 Å². The molecule has 0 spiro atoms. The third-order valence-corrected chi connectivity index (χ3v) is 3.99. The van der Waals surface area contributed by atoms with Crippen LogP contribution in [-0.4, -0.2) is 32.2 Å². The summed E-state index contributed by atoms with van der Waals surface area (Å²) < 4.78 is 18.3. The number of rotatable bonds is 4. The van der Waals surface area contributed by atoms with Crippen molar-refractivity contribution in [2.75, 3.05) is 31.2 Å². The Morgan fingerprint density at radius 3 is 2.45 bits per heavy atom. The lowest BCUT2D eigenvalue weighted by Gasteiger charge is -2.38. The molecule has 110 valence electrons. The van der Waals surface area contributed by atoms with Gasteiger partial charge in [-0.2, -0.15) is 0 Å². The summed E-state index contributed by atoms with van der Waals surface area (Å²) >= 11 is 0. The number of hydrogen-bond donors (Lipinski definition) is 1. The second-order valence-electron chi connectivity index (χ2n) is 5.12. The summed E-state index contributed by atoms with van der Waals surface area (Å²) in [5.41, 5.74) is 6.02. The average Bonchev–Trinajstić information content (AvgIpc) is 2.50. The molecule has 1 heterocycles. The molecule has 1 amide bonds. The van der Waals surface area contributed by atoms with Crippen LogP contribution in [-0.2, 0) is 9.53 Å². The fourth-order valence-electron chi connectivity index (χ4n) is 2.62. The van der Waals surface area contributed by atoms with E-state index < -0.39 is 5.41 Å². The molecule has 1 fully saturated rings. The Labute approximate surface area is 118 Å². The van der Waals surface area contributed by atoms with Crippen LogP contribution in [0.5, 0.6) is 0 Å². The van der Waals surface area contributed by atoms with Gasteiger partial charge in [0, 0.05) is 32.0 Å². The maximum absolute atomic E-state index is 13.0. The fraction of sp³-hybridized carbons (Fsp3) is 0.533. The van der Waals surface area contributed by atoms with Gasteiger partial charge in [0.15, 0.2) is 0 Å². The minimum Gasteiger partial charge on any atom is -0.381 e. The van der Waals surface area contributed by atoms with Crippen molar-refractivity contribution in [2.24, 2.45) is 11.1 Å². The van der Waals surface area contributed by atoms with Crippen LogP contribution in [0.25, 0.3) is 0 Å². The minimum absolute atomic E-state index is 0.0115. The first-order chi connectivity index (χ1) is 9.63. The number of halogens is 1. The number of nitrogens with two attached hydrogens (primary N) is 1. The zero-order valence-corrected chi connectivity index (χ0v) is 11.8. The third kappa shape index (κ3) is 2.83. The Hall–Kier alpha value is -1.46. The highest BCUT2D eigenvalue weighted by Gasteiger charge is 2.41. The van der Waals surface area contributed by atoms with Gasteiger partial charge in [-0.15, -0.1) is 0 Å². The molecular formula is C15H21FN2O2. The van der Waals surface area contributed by atoms with Crippen LogP contribution < -0.4 is 10.6 Å². The van der Waals surface area contributed by atoms with Crippen molar-refractivity contribution in [3.8, 4) is 0 Å². The standard InChI is InChI=1S/C15H21FN2O2/c1-2-18(13-5-3-12(16)4-6-13)14(19)15(11-17)7-9-20-10-8-15/h3-6H,2,7-11,17H2,1H3. The van der Waals surface area contributed by atoms with E-state index >= 15 is 0 Å². The Bertz CT molecular complexity index is 455. The summed E-state index contributed by atoms with van der Waals surface area (Å²) in [7, 11) is 0. The summed E-state index contributed by atoms with van der Waals surface area (Å²) in [5, 5.41) is 0. The summed E-state index contributed by atoms with van der Waals surface area (Å²) in [5.74, 6) is -0.297. The molecule has 0 bridgehead atoms. The number of carbonyl (C=O) groups excluding carboxylic acids is 1. The average molecular weight is 280 g/mol. The van der Waals surface area contributed by atoms with Crippen molar-refractivity contribution in [3.05, 3.63) is 30.1 Å². The monoisotopic (exact) mass is 280 g/mol. The molecule has 0 saturated carbocycles. The lowest BCUT2D eigenvalue weighted by molar-refractivity contribution is -0.133. The van der Waals surface area contributed by atoms with Crippen LogP contribution >= 0.6 is 0 Å². The molecule has 1 saturated heterocycles. The molecule has 1 aliphatic rings. The van der Waals surface area contributed by atoms with E-state index in [2.05, 4.69) is 0 Å². The van der Waals surface area contributed by atoms with Gasteiger partial charge in [-0.25, -0.2) is 4.39 Å². The Balaban J connectivity index is 2.25.